The largest absolute Gasteiger partial charge is 0.336 e. The van der Waals surface area contributed by atoms with E-state index in [4.69, 9.17) is 4.98 Å². The molecule has 1 saturated heterocycles. The van der Waals surface area contributed by atoms with E-state index in [2.05, 4.69) is 30.1 Å². The molecule has 0 radical (unpaired) electrons. The van der Waals surface area contributed by atoms with Crippen molar-refractivity contribution in [1.82, 2.24) is 40.0 Å². The van der Waals surface area contributed by atoms with Crippen LogP contribution in [0.15, 0.2) is 67.3 Å². The van der Waals surface area contributed by atoms with Gasteiger partial charge in [0.2, 0.25) is 0 Å². The smallest absolute Gasteiger partial charge is 0.261 e. The number of H-pyrrole nitrogens is 2. The zero-order valence-corrected chi connectivity index (χ0v) is 20.5. The van der Waals surface area contributed by atoms with Crippen LogP contribution in [0.1, 0.15) is 12.0 Å². The number of aromatic nitrogens is 7. The second-order valence-electron chi connectivity index (χ2n) is 9.74. The minimum Gasteiger partial charge on any atom is -0.336 e. The molecule has 8 nitrogen and oxygen atoms in total. The Morgan fingerprint density at radius 1 is 0.923 bits per heavy atom. The van der Waals surface area contributed by atoms with Crippen LogP contribution in [0.4, 0.5) is 13.2 Å². The van der Waals surface area contributed by atoms with Gasteiger partial charge in [-0.15, -0.1) is 0 Å². The molecule has 1 aliphatic heterocycles. The Balaban J connectivity index is 1.24. The number of alkyl halides is 2. The highest BCUT2D eigenvalue weighted by molar-refractivity contribution is 5.96. The monoisotopic (exact) mass is 526 g/mol. The number of hydrogen-bond acceptors (Lipinski definition) is 6. The molecule has 11 heteroatoms. The van der Waals surface area contributed by atoms with Crippen molar-refractivity contribution in [3.63, 3.8) is 0 Å². The summed E-state index contributed by atoms with van der Waals surface area (Å²) in [4.78, 5) is 23.2. The zero-order valence-electron chi connectivity index (χ0n) is 20.5. The molecular weight excluding hydrogens is 505 g/mol. The number of fused-ring (bicyclic) bond motifs is 2. The molecule has 5 aromatic heterocycles. The Kier molecular flexibility index (Phi) is 5.41. The first-order valence-electron chi connectivity index (χ1n) is 12.4. The summed E-state index contributed by atoms with van der Waals surface area (Å²) in [6, 6.07) is 11.9. The Morgan fingerprint density at radius 3 is 2.59 bits per heavy atom. The average molecular weight is 527 g/mol. The fourth-order valence-electron chi connectivity index (χ4n) is 5.04. The van der Waals surface area contributed by atoms with E-state index in [0.29, 0.717) is 41.5 Å². The van der Waals surface area contributed by atoms with Gasteiger partial charge in [0.05, 0.1) is 23.1 Å². The van der Waals surface area contributed by atoms with Gasteiger partial charge in [-0.05, 0) is 48.0 Å². The summed E-state index contributed by atoms with van der Waals surface area (Å²) in [5.41, 5.74) is 6.47. The lowest BCUT2D eigenvalue weighted by atomic mass is 10.1. The summed E-state index contributed by atoms with van der Waals surface area (Å²) < 4.78 is 40.7. The van der Waals surface area contributed by atoms with Gasteiger partial charge < -0.3 is 4.98 Å². The van der Waals surface area contributed by atoms with Gasteiger partial charge in [-0.3, -0.25) is 20.0 Å². The molecule has 194 valence electrons. The maximum Gasteiger partial charge on any atom is 0.261 e. The molecule has 0 amide bonds. The van der Waals surface area contributed by atoms with Gasteiger partial charge in [-0.2, -0.15) is 5.10 Å². The highest BCUT2D eigenvalue weighted by atomic mass is 19.3. The van der Waals surface area contributed by atoms with E-state index in [0.717, 1.165) is 33.2 Å². The number of nitrogens with zero attached hydrogens (tertiary/aromatic N) is 6. The van der Waals surface area contributed by atoms with Crippen LogP contribution < -0.4 is 0 Å². The second kappa shape index (κ2) is 8.98. The Morgan fingerprint density at radius 2 is 1.77 bits per heavy atom. The third kappa shape index (κ3) is 4.40. The second-order valence-corrected chi connectivity index (χ2v) is 9.74. The number of rotatable bonds is 5. The average Bonchev–Trinajstić information content (AvgIpc) is 3.64. The highest BCUT2D eigenvalue weighted by Gasteiger charge is 2.37. The summed E-state index contributed by atoms with van der Waals surface area (Å²) in [7, 11) is 0. The van der Waals surface area contributed by atoms with Crippen molar-refractivity contribution in [1.29, 1.82) is 0 Å². The lowest BCUT2D eigenvalue weighted by molar-refractivity contribution is 0.0115. The number of pyridine rings is 3. The molecule has 39 heavy (non-hydrogen) atoms. The molecule has 0 aliphatic carbocycles. The van der Waals surface area contributed by atoms with Crippen LogP contribution >= 0.6 is 0 Å². The molecule has 6 heterocycles. The minimum absolute atomic E-state index is 0.118. The SMILES string of the molecule is Fc1ccc(-c2nccc3[nH]c(-c4n[nH]c5ncc(-c6cncc(CN7CCC(F)(F)C7)c6)cc45)nc23)cc1. The van der Waals surface area contributed by atoms with Crippen molar-refractivity contribution in [3.05, 3.63) is 78.6 Å². The maximum atomic E-state index is 13.6. The van der Waals surface area contributed by atoms with Crippen LogP contribution in [0.2, 0.25) is 0 Å². The standard InChI is InChI=1S/C28H21F3N8/c29-20-3-1-17(2-4-20)23-25-22(5-7-33-23)35-27(36-25)24-21-10-19(13-34-26(21)38-37-24)18-9-16(11-32-12-18)14-39-8-6-28(30,31)15-39/h1-5,7,9-13H,6,8,14-15H2,(H,35,36)(H,34,37,38). The summed E-state index contributed by atoms with van der Waals surface area (Å²) in [5, 5.41) is 8.18. The van der Waals surface area contributed by atoms with Gasteiger partial charge in [-0.25, -0.2) is 23.1 Å². The molecule has 7 rings (SSSR count). The summed E-state index contributed by atoms with van der Waals surface area (Å²) >= 11 is 0. The van der Waals surface area contributed by atoms with Crippen molar-refractivity contribution >= 4 is 22.1 Å². The van der Waals surface area contributed by atoms with E-state index in [1.54, 1.807) is 41.8 Å². The topological polar surface area (TPSA) is 99.3 Å². The molecule has 1 fully saturated rings. The third-order valence-corrected chi connectivity index (χ3v) is 6.94. The van der Waals surface area contributed by atoms with E-state index in [1.807, 2.05) is 18.2 Å². The molecule has 0 spiro atoms. The van der Waals surface area contributed by atoms with E-state index in [-0.39, 0.29) is 18.8 Å². The molecule has 0 unspecified atom stereocenters. The first kappa shape index (κ1) is 23.5. The molecule has 2 N–H and O–H groups in total. The lowest BCUT2D eigenvalue weighted by Crippen LogP contribution is -2.24. The fourth-order valence-corrected chi connectivity index (χ4v) is 5.04. The summed E-state index contributed by atoms with van der Waals surface area (Å²) in [5.74, 6) is -2.42. The zero-order chi connectivity index (χ0) is 26.6. The molecule has 1 aliphatic rings. The van der Waals surface area contributed by atoms with Crippen LogP contribution in [0.5, 0.6) is 0 Å². The Bertz CT molecular complexity index is 1830. The number of aromatic amines is 2. The van der Waals surface area contributed by atoms with Crippen LogP contribution in [-0.2, 0) is 6.54 Å². The van der Waals surface area contributed by atoms with E-state index in [9.17, 15) is 13.2 Å². The van der Waals surface area contributed by atoms with Gasteiger partial charge >= 0.3 is 0 Å². The first-order chi connectivity index (χ1) is 18.9. The van der Waals surface area contributed by atoms with Crippen molar-refractivity contribution in [2.24, 2.45) is 0 Å². The number of hydrogen-bond donors (Lipinski definition) is 2. The van der Waals surface area contributed by atoms with Gasteiger partial charge in [0.25, 0.3) is 5.92 Å². The van der Waals surface area contributed by atoms with Gasteiger partial charge in [0.1, 0.15) is 17.0 Å². The molecule has 0 atom stereocenters. The van der Waals surface area contributed by atoms with Gasteiger partial charge in [0.15, 0.2) is 11.5 Å². The molecule has 6 aromatic rings. The van der Waals surface area contributed by atoms with Crippen molar-refractivity contribution in [3.8, 4) is 33.9 Å². The third-order valence-electron chi connectivity index (χ3n) is 6.94. The maximum absolute atomic E-state index is 13.6. The fraction of sp³-hybridized carbons (Fsp3) is 0.179. The number of halogens is 3. The number of likely N-dealkylation sites (tertiary alicyclic amines) is 1. The highest BCUT2D eigenvalue weighted by Crippen LogP contribution is 2.32. The summed E-state index contributed by atoms with van der Waals surface area (Å²) in [6.45, 7) is 0.532. The normalized spacial score (nSPS) is 15.5. The van der Waals surface area contributed by atoms with Crippen LogP contribution in [-0.4, -0.2) is 59.0 Å². The van der Waals surface area contributed by atoms with Crippen LogP contribution in [0.3, 0.4) is 0 Å². The Hall–Kier alpha value is -4.64. The predicted octanol–water partition coefficient (Wildman–Crippen LogP) is 5.61. The quantitative estimate of drug-likeness (QED) is 0.303. The molecule has 0 bridgehead atoms. The van der Waals surface area contributed by atoms with Gasteiger partial charge in [-0.1, -0.05) is 0 Å². The number of nitrogens with one attached hydrogen (secondary N) is 2. The number of benzene rings is 1. The molecular formula is C28H21F3N8. The van der Waals surface area contributed by atoms with Crippen LogP contribution in [0.25, 0.3) is 56.0 Å². The number of imidazole rings is 1. The first-order valence-corrected chi connectivity index (χ1v) is 12.4. The van der Waals surface area contributed by atoms with Crippen molar-refractivity contribution in [2.75, 3.05) is 13.1 Å². The lowest BCUT2D eigenvalue weighted by Gasteiger charge is -2.15. The van der Waals surface area contributed by atoms with E-state index >= 15 is 0 Å². The minimum atomic E-state index is -2.63. The predicted molar refractivity (Wildman–Crippen MR) is 140 cm³/mol. The summed E-state index contributed by atoms with van der Waals surface area (Å²) in [6.07, 6.45) is 6.72. The van der Waals surface area contributed by atoms with E-state index < -0.39 is 5.92 Å². The van der Waals surface area contributed by atoms with E-state index in [1.165, 1.54) is 12.1 Å². The molecule has 0 saturated carbocycles. The van der Waals surface area contributed by atoms with Gasteiger partial charge in [0, 0.05) is 61.0 Å². The van der Waals surface area contributed by atoms with Crippen molar-refractivity contribution < 1.29 is 13.2 Å². The van der Waals surface area contributed by atoms with Crippen molar-refractivity contribution in [2.45, 2.75) is 18.9 Å². The Labute approximate surface area is 220 Å². The van der Waals surface area contributed by atoms with Crippen LogP contribution in [0, 0.1) is 5.82 Å². The molecule has 1 aromatic carbocycles.